The largest absolute Gasteiger partial charge is 0.468 e. The molecule has 0 N–H and O–H groups in total. The van der Waals surface area contributed by atoms with Crippen molar-refractivity contribution in [3.8, 4) is 0 Å². The maximum Gasteiger partial charge on any atom is 0.324 e. The Labute approximate surface area is 106 Å². The fourth-order valence-electron chi connectivity index (χ4n) is 2.93. The van der Waals surface area contributed by atoms with E-state index in [1.165, 1.54) is 14.2 Å². The van der Waals surface area contributed by atoms with Crippen LogP contribution in [0, 0.1) is 17.3 Å². The molecule has 1 saturated carbocycles. The third-order valence-electron chi connectivity index (χ3n) is 3.78. The predicted molar refractivity (Wildman–Crippen MR) is 65.5 cm³/mol. The van der Waals surface area contributed by atoms with Crippen molar-refractivity contribution in [3.63, 3.8) is 0 Å². The minimum Gasteiger partial charge on any atom is -0.468 e. The Morgan fingerprint density at radius 2 is 1.78 bits per heavy atom. The van der Waals surface area contributed by atoms with Crippen LogP contribution in [0.25, 0.3) is 0 Å². The van der Waals surface area contributed by atoms with E-state index in [1.807, 2.05) is 24.3 Å². The van der Waals surface area contributed by atoms with E-state index in [-0.39, 0.29) is 18.3 Å². The highest BCUT2D eigenvalue weighted by molar-refractivity contribution is 6.02. The normalized spacial score (nSPS) is 27.8. The van der Waals surface area contributed by atoms with Gasteiger partial charge in [0, 0.05) is 11.8 Å². The van der Waals surface area contributed by atoms with Crippen molar-refractivity contribution in [2.45, 2.75) is 6.42 Å². The van der Waals surface area contributed by atoms with E-state index in [0.29, 0.717) is 0 Å². The molecule has 0 unspecified atom stereocenters. The molecule has 0 amide bonds. The van der Waals surface area contributed by atoms with Crippen LogP contribution in [0.4, 0.5) is 0 Å². The summed E-state index contributed by atoms with van der Waals surface area (Å²) in [7, 11) is 2.57. The molecule has 2 atom stereocenters. The first-order chi connectivity index (χ1) is 8.57. The lowest BCUT2D eigenvalue weighted by Crippen LogP contribution is -2.44. The van der Waals surface area contributed by atoms with Crippen LogP contribution in [0.5, 0.6) is 0 Å². The van der Waals surface area contributed by atoms with Gasteiger partial charge in [0.2, 0.25) is 0 Å². The summed E-state index contributed by atoms with van der Waals surface area (Å²) in [5.74, 6) is -1.38. The van der Waals surface area contributed by atoms with E-state index in [9.17, 15) is 9.59 Å². The van der Waals surface area contributed by atoms with Gasteiger partial charge in [-0.05, 0) is 6.42 Å². The average molecular weight is 248 g/mol. The molecule has 18 heavy (non-hydrogen) atoms. The fraction of sp³-hybridized carbons (Fsp3) is 0.429. The maximum atomic E-state index is 12.1. The standard InChI is InChI=1S/C14H16O4/c1-9-8-14(12(15)17-2,13(16)18-3)11-7-5-4-6-10(9)11/h4-7,10-11H,1,8H2,2-3H3/t10-,11-/m1/s1. The second-order valence-electron chi connectivity index (χ2n) is 4.61. The van der Waals surface area contributed by atoms with Gasteiger partial charge in [0.25, 0.3) is 0 Å². The summed E-state index contributed by atoms with van der Waals surface area (Å²) < 4.78 is 9.64. The lowest BCUT2D eigenvalue weighted by atomic mass is 9.74. The van der Waals surface area contributed by atoms with Crippen LogP contribution in [0.2, 0.25) is 0 Å². The zero-order valence-electron chi connectivity index (χ0n) is 10.5. The lowest BCUT2D eigenvalue weighted by Gasteiger charge is -2.30. The van der Waals surface area contributed by atoms with Gasteiger partial charge in [0.15, 0.2) is 5.41 Å². The fourth-order valence-corrected chi connectivity index (χ4v) is 2.93. The summed E-state index contributed by atoms with van der Waals surface area (Å²) in [5, 5.41) is 0. The number of allylic oxidation sites excluding steroid dienone is 5. The number of rotatable bonds is 2. The molecule has 0 saturated heterocycles. The second kappa shape index (κ2) is 4.44. The second-order valence-corrected chi connectivity index (χ2v) is 4.61. The molecule has 4 nitrogen and oxygen atoms in total. The van der Waals surface area contributed by atoms with Gasteiger partial charge in [0.05, 0.1) is 14.2 Å². The van der Waals surface area contributed by atoms with Crippen molar-refractivity contribution in [2.24, 2.45) is 17.3 Å². The van der Waals surface area contributed by atoms with E-state index in [1.54, 1.807) is 0 Å². The highest BCUT2D eigenvalue weighted by atomic mass is 16.5. The Morgan fingerprint density at radius 3 is 2.33 bits per heavy atom. The molecule has 0 aliphatic heterocycles. The monoisotopic (exact) mass is 248 g/mol. The van der Waals surface area contributed by atoms with Gasteiger partial charge in [0.1, 0.15) is 0 Å². The Kier molecular flexibility index (Phi) is 3.11. The predicted octanol–water partition coefficient (Wildman–Crippen LogP) is 1.64. The Balaban J connectivity index is 2.51. The van der Waals surface area contributed by atoms with Crippen LogP contribution >= 0.6 is 0 Å². The van der Waals surface area contributed by atoms with Crippen molar-refractivity contribution in [1.29, 1.82) is 0 Å². The van der Waals surface area contributed by atoms with Crippen LogP contribution in [-0.4, -0.2) is 26.2 Å². The van der Waals surface area contributed by atoms with Gasteiger partial charge in [-0.3, -0.25) is 9.59 Å². The van der Waals surface area contributed by atoms with E-state index in [2.05, 4.69) is 6.58 Å². The quantitative estimate of drug-likeness (QED) is 0.423. The molecule has 0 bridgehead atoms. The van der Waals surface area contributed by atoms with Crippen molar-refractivity contribution >= 4 is 11.9 Å². The summed E-state index contributed by atoms with van der Waals surface area (Å²) >= 11 is 0. The van der Waals surface area contributed by atoms with Gasteiger partial charge in [-0.1, -0.05) is 36.5 Å². The third kappa shape index (κ3) is 1.52. The average Bonchev–Trinajstić information content (AvgIpc) is 2.72. The molecule has 0 aromatic rings. The first-order valence-electron chi connectivity index (χ1n) is 5.77. The minimum atomic E-state index is -1.29. The van der Waals surface area contributed by atoms with Crippen molar-refractivity contribution in [2.75, 3.05) is 14.2 Å². The number of esters is 2. The van der Waals surface area contributed by atoms with Crippen LogP contribution in [-0.2, 0) is 19.1 Å². The molecular formula is C14H16O4. The molecule has 2 aliphatic rings. The van der Waals surface area contributed by atoms with Crippen LogP contribution in [0.1, 0.15) is 6.42 Å². The Bertz CT molecular complexity index is 442. The summed E-state index contributed by atoms with van der Waals surface area (Å²) in [6, 6.07) is 0. The molecule has 0 spiro atoms. The van der Waals surface area contributed by atoms with Crippen LogP contribution in [0.3, 0.4) is 0 Å². The third-order valence-corrected chi connectivity index (χ3v) is 3.78. The molecular weight excluding hydrogens is 232 g/mol. The first kappa shape index (κ1) is 12.6. The van der Waals surface area contributed by atoms with Gasteiger partial charge in [-0.2, -0.15) is 0 Å². The number of carbonyl (C=O) groups is 2. The smallest absolute Gasteiger partial charge is 0.324 e. The van der Waals surface area contributed by atoms with Crippen LogP contribution < -0.4 is 0 Å². The first-order valence-corrected chi connectivity index (χ1v) is 5.77. The number of carbonyl (C=O) groups excluding carboxylic acids is 2. The number of methoxy groups -OCH3 is 2. The van der Waals surface area contributed by atoms with Gasteiger partial charge >= 0.3 is 11.9 Å². The molecule has 96 valence electrons. The number of hydrogen-bond acceptors (Lipinski definition) is 4. The van der Waals surface area contributed by atoms with Gasteiger partial charge < -0.3 is 9.47 Å². The van der Waals surface area contributed by atoms with Crippen molar-refractivity contribution in [1.82, 2.24) is 0 Å². The number of ether oxygens (including phenoxy) is 2. The lowest BCUT2D eigenvalue weighted by molar-refractivity contribution is -0.171. The van der Waals surface area contributed by atoms with E-state index >= 15 is 0 Å². The highest BCUT2D eigenvalue weighted by Crippen LogP contribution is 2.53. The maximum absolute atomic E-state index is 12.1. The SMILES string of the molecule is C=C1CC(C(=O)OC)(C(=O)OC)[C@@H]2C=CC=C[C@H]12. The van der Waals surface area contributed by atoms with Crippen molar-refractivity contribution in [3.05, 3.63) is 36.5 Å². The number of fused-ring (bicyclic) bond motifs is 1. The van der Waals surface area contributed by atoms with E-state index in [4.69, 9.17) is 9.47 Å². The zero-order valence-corrected chi connectivity index (χ0v) is 10.5. The number of hydrogen-bond donors (Lipinski definition) is 0. The molecule has 4 heteroatoms. The summed E-state index contributed by atoms with van der Waals surface area (Å²) in [6.45, 7) is 3.97. The molecule has 0 heterocycles. The highest BCUT2D eigenvalue weighted by Gasteiger charge is 2.60. The Morgan fingerprint density at radius 1 is 1.22 bits per heavy atom. The molecule has 0 aromatic carbocycles. The van der Waals surface area contributed by atoms with Gasteiger partial charge in [-0.25, -0.2) is 0 Å². The Hall–Kier alpha value is -1.84. The van der Waals surface area contributed by atoms with E-state index in [0.717, 1.165) is 5.57 Å². The minimum absolute atomic E-state index is 0.00630. The van der Waals surface area contributed by atoms with Crippen LogP contribution in [0.15, 0.2) is 36.5 Å². The van der Waals surface area contributed by atoms with Crippen molar-refractivity contribution < 1.29 is 19.1 Å². The topological polar surface area (TPSA) is 52.6 Å². The summed E-state index contributed by atoms with van der Waals surface area (Å²) in [5.41, 5.74) is -0.427. The van der Waals surface area contributed by atoms with Gasteiger partial charge in [-0.15, -0.1) is 0 Å². The molecule has 0 aromatic heterocycles. The van der Waals surface area contributed by atoms with E-state index < -0.39 is 17.4 Å². The summed E-state index contributed by atoms with van der Waals surface area (Å²) in [6.07, 6.45) is 7.82. The summed E-state index contributed by atoms with van der Waals surface area (Å²) in [4.78, 5) is 24.2. The molecule has 2 rings (SSSR count). The molecule has 1 fully saturated rings. The molecule has 0 radical (unpaired) electrons. The molecule has 2 aliphatic carbocycles. The zero-order chi connectivity index (χ0) is 13.3.